The van der Waals surface area contributed by atoms with Gasteiger partial charge in [0.2, 0.25) is 11.8 Å². The van der Waals surface area contributed by atoms with E-state index in [1.54, 1.807) is 24.3 Å². The van der Waals surface area contributed by atoms with Crippen LogP contribution in [0.4, 0.5) is 15.8 Å². The lowest BCUT2D eigenvalue weighted by molar-refractivity contribution is -0.129. The summed E-state index contributed by atoms with van der Waals surface area (Å²) in [7, 11) is 4.35. The van der Waals surface area contributed by atoms with Crippen molar-refractivity contribution in [3.63, 3.8) is 0 Å². The SMILES string of the molecule is COC(=O)c1ccc(NC(=O)C2CC(=O)N(Cc3ccc(OC)c(OC)c3)C(=Nc3ccc(F)cc3)S2)cc1. The van der Waals surface area contributed by atoms with Crippen molar-refractivity contribution in [3.8, 4) is 11.5 Å². The van der Waals surface area contributed by atoms with E-state index < -0.39 is 22.9 Å². The van der Waals surface area contributed by atoms with Crippen molar-refractivity contribution in [2.45, 2.75) is 18.2 Å². The number of esters is 1. The molecule has 0 radical (unpaired) electrons. The number of benzene rings is 3. The zero-order chi connectivity index (χ0) is 27.9. The number of amides is 2. The molecule has 1 aliphatic heterocycles. The topological polar surface area (TPSA) is 107 Å². The molecule has 39 heavy (non-hydrogen) atoms. The van der Waals surface area contributed by atoms with Crippen molar-refractivity contribution in [2.75, 3.05) is 26.6 Å². The third kappa shape index (κ3) is 6.74. The number of thioether (sulfide) groups is 1. The van der Waals surface area contributed by atoms with Crippen LogP contribution in [-0.2, 0) is 20.9 Å². The van der Waals surface area contributed by atoms with Gasteiger partial charge in [-0.15, -0.1) is 0 Å². The highest BCUT2D eigenvalue weighted by atomic mass is 32.2. The number of carbonyl (C=O) groups is 3. The first-order valence-corrected chi connectivity index (χ1v) is 12.7. The lowest BCUT2D eigenvalue weighted by Crippen LogP contribution is -2.44. The molecule has 0 aromatic heterocycles. The molecule has 0 spiro atoms. The minimum atomic E-state index is -0.765. The first-order valence-electron chi connectivity index (χ1n) is 11.8. The number of carbonyl (C=O) groups excluding carboxylic acids is 3. The van der Waals surface area contributed by atoms with Crippen molar-refractivity contribution in [1.82, 2.24) is 4.90 Å². The Bertz CT molecular complexity index is 1400. The predicted octanol–water partition coefficient (Wildman–Crippen LogP) is 4.79. The van der Waals surface area contributed by atoms with E-state index in [1.165, 1.54) is 62.6 Å². The molecule has 1 fully saturated rings. The van der Waals surface area contributed by atoms with Gasteiger partial charge in [0, 0.05) is 12.1 Å². The fraction of sp³-hybridized carbons (Fsp3) is 0.214. The molecule has 1 aliphatic rings. The van der Waals surface area contributed by atoms with Crippen LogP contribution in [0.2, 0.25) is 0 Å². The van der Waals surface area contributed by atoms with Crippen molar-refractivity contribution in [1.29, 1.82) is 0 Å². The Morgan fingerprint density at radius 1 is 1.00 bits per heavy atom. The molecule has 1 heterocycles. The largest absolute Gasteiger partial charge is 0.493 e. The van der Waals surface area contributed by atoms with Gasteiger partial charge in [0.1, 0.15) is 11.1 Å². The molecule has 1 atom stereocenters. The Kier molecular flexibility index (Phi) is 8.82. The van der Waals surface area contributed by atoms with E-state index in [-0.39, 0.29) is 18.9 Å². The van der Waals surface area contributed by atoms with Crippen LogP contribution < -0.4 is 14.8 Å². The molecule has 11 heteroatoms. The number of rotatable bonds is 8. The number of hydrogen-bond acceptors (Lipinski definition) is 8. The third-order valence-electron chi connectivity index (χ3n) is 5.85. The molecule has 0 bridgehead atoms. The van der Waals surface area contributed by atoms with Crippen molar-refractivity contribution >= 4 is 46.1 Å². The Balaban J connectivity index is 1.57. The van der Waals surface area contributed by atoms with Gasteiger partial charge in [-0.25, -0.2) is 14.2 Å². The van der Waals surface area contributed by atoms with Crippen LogP contribution in [0, 0.1) is 5.82 Å². The smallest absolute Gasteiger partial charge is 0.337 e. The minimum Gasteiger partial charge on any atom is -0.493 e. The molecule has 1 saturated heterocycles. The average Bonchev–Trinajstić information content (AvgIpc) is 2.95. The van der Waals surface area contributed by atoms with E-state index >= 15 is 0 Å². The summed E-state index contributed by atoms with van der Waals surface area (Å²) < 4.78 is 28.8. The number of halogens is 1. The monoisotopic (exact) mass is 551 g/mol. The van der Waals surface area contributed by atoms with Crippen LogP contribution in [0.3, 0.4) is 0 Å². The molecule has 202 valence electrons. The number of amidine groups is 1. The fourth-order valence-corrected chi connectivity index (χ4v) is 4.91. The average molecular weight is 552 g/mol. The van der Waals surface area contributed by atoms with Gasteiger partial charge < -0.3 is 19.5 Å². The second-order valence-electron chi connectivity index (χ2n) is 8.41. The summed E-state index contributed by atoms with van der Waals surface area (Å²) in [6.07, 6.45) is -0.0630. The molecule has 0 aliphatic carbocycles. The molecule has 0 saturated carbocycles. The Hall–Kier alpha value is -4.38. The van der Waals surface area contributed by atoms with Gasteiger partial charge in [0.15, 0.2) is 16.7 Å². The highest BCUT2D eigenvalue weighted by molar-refractivity contribution is 8.15. The van der Waals surface area contributed by atoms with Crippen LogP contribution in [0.5, 0.6) is 11.5 Å². The van der Waals surface area contributed by atoms with Crippen LogP contribution in [0.25, 0.3) is 0 Å². The van der Waals surface area contributed by atoms with Gasteiger partial charge in [-0.3, -0.25) is 14.5 Å². The Morgan fingerprint density at radius 3 is 2.33 bits per heavy atom. The summed E-state index contributed by atoms with van der Waals surface area (Å²) in [4.78, 5) is 44.2. The zero-order valence-electron chi connectivity index (χ0n) is 21.5. The molecule has 1 unspecified atom stereocenters. The summed E-state index contributed by atoms with van der Waals surface area (Å²) >= 11 is 1.14. The lowest BCUT2D eigenvalue weighted by Gasteiger charge is -2.32. The van der Waals surface area contributed by atoms with Crippen molar-refractivity contribution in [3.05, 3.63) is 83.7 Å². The molecule has 3 aromatic carbocycles. The van der Waals surface area contributed by atoms with E-state index in [1.807, 2.05) is 6.07 Å². The molecule has 3 aromatic rings. The molecule has 9 nitrogen and oxygen atoms in total. The van der Waals surface area contributed by atoms with Crippen LogP contribution in [-0.4, -0.2) is 54.4 Å². The third-order valence-corrected chi connectivity index (χ3v) is 7.03. The van der Waals surface area contributed by atoms with E-state index in [4.69, 9.17) is 9.47 Å². The number of aliphatic imine (C=N–C) groups is 1. The molecular weight excluding hydrogens is 525 g/mol. The first-order chi connectivity index (χ1) is 18.8. The second kappa shape index (κ2) is 12.4. The van der Waals surface area contributed by atoms with E-state index in [9.17, 15) is 18.8 Å². The minimum absolute atomic E-state index is 0.0630. The first kappa shape index (κ1) is 27.6. The number of nitrogens with one attached hydrogen (secondary N) is 1. The fourth-order valence-electron chi connectivity index (χ4n) is 3.81. The van der Waals surface area contributed by atoms with Gasteiger partial charge in [0.25, 0.3) is 0 Å². The van der Waals surface area contributed by atoms with Crippen molar-refractivity contribution in [2.24, 2.45) is 4.99 Å². The van der Waals surface area contributed by atoms with E-state index in [2.05, 4.69) is 15.0 Å². The van der Waals surface area contributed by atoms with Gasteiger partial charge in [-0.05, 0) is 66.2 Å². The standard InChI is InChI=1S/C28H26FN3O6S/c1-36-22-13-4-17(14-23(22)37-2)16-32-25(33)15-24(39-28(32)31-21-11-7-19(29)8-12-21)26(34)30-20-9-5-18(6-10-20)27(35)38-3/h4-14,24H,15-16H2,1-3H3,(H,30,34). The van der Waals surface area contributed by atoms with Crippen molar-refractivity contribution < 1.29 is 33.0 Å². The predicted molar refractivity (Wildman–Crippen MR) is 146 cm³/mol. The Morgan fingerprint density at radius 2 is 1.69 bits per heavy atom. The Labute approximate surface area is 229 Å². The van der Waals surface area contributed by atoms with E-state index in [0.29, 0.717) is 33.6 Å². The van der Waals surface area contributed by atoms with Crippen LogP contribution in [0.15, 0.2) is 71.7 Å². The van der Waals surface area contributed by atoms with E-state index in [0.717, 1.165) is 17.3 Å². The summed E-state index contributed by atoms with van der Waals surface area (Å²) in [5.41, 5.74) is 2.01. The molecular formula is C28H26FN3O6S. The van der Waals surface area contributed by atoms with Gasteiger partial charge in [-0.2, -0.15) is 0 Å². The summed E-state index contributed by atoms with van der Waals surface area (Å²) in [5.74, 6) is -0.527. The number of ether oxygens (including phenoxy) is 3. The normalized spacial score (nSPS) is 16.1. The number of anilines is 1. The lowest BCUT2D eigenvalue weighted by atomic mass is 10.1. The summed E-state index contributed by atoms with van der Waals surface area (Å²) in [6.45, 7) is 0.176. The van der Waals surface area contributed by atoms with Crippen LogP contribution in [0.1, 0.15) is 22.3 Å². The maximum atomic E-state index is 13.5. The van der Waals surface area contributed by atoms with Crippen LogP contribution >= 0.6 is 11.8 Å². The number of hydrogen-bond donors (Lipinski definition) is 1. The quantitative estimate of drug-likeness (QED) is 0.401. The maximum Gasteiger partial charge on any atom is 0.337 e. The second-order valence-corrected chi connectivity index (χ2v) is 9.58. The van der Waals surface area contributed by atoms with Gasteiger partial charge >= 0.3 is 5.97 Å². The molecule has 2 amide bonds. The number of methoxy groups -OCH3 is 3. The van der Waals surface area contributed by atoms with Gasteiger partial charge in [-0.1, -0.05) is 17.8 Å². The highest BCUT2D eigenvalue weighted by Crippen LogP contribution is 2.33. The molecule has 4 rings (SSSR count). The number of nitrogens with zero attached hydrogens (tertiary/aromatic N) is 2. The maximum absolute atomic E-state index is 13.5. The summed E-state index contributed by atoms with van der Waals surface area (Å²) in [5, 5.41) is 2.32. The highest BCUT2D eigenvalue weighted by Gasteiger charge is 2.36. The molecule has 1 N–H and O–H groups in total. The zero-order valence-corrected chi connectivity index (χ0v) is 22.3. The summed E-state index contributed by atoms with van der Waals surface area (Å²) in [6, 6.07) is 17.1. The van der Waals surface area contributed by atoms with Gasteiger partial charge in [0.05, 0.1) is 39.1 Å².